The van der Waals surface area contributed by atoms with Gasteiger partial charge in [-0.25, -0.2) is 0 Å². The monoisotopic (exact) mass is 295 g/mol. The van der Waals surface area contributed by atoms with Gasteiger partial charge in [0, 0.05) is 17.5 Å². The maximum absolute atomic E-state index is 6.33. The average Bonchev–Trinajstić information content (AvgIpc) is 2.94. The smallest absolute Gasteiger partial charge is 0.146 e. The van der Waals surface area contributed by atoms with Crippen molar-refractivity contribution in [2.75, 3.05) is 14.2 Å². The van der Waals surface area contributed by atoms with Gasteiger partial charge in [0.05, 0.1) is 26.5 Å². The topological polar surface area (TPSA) is 57.6 Å². The molecule has 0 aliphatic carbocycles. The number of halogens is 1. The number of methoxy groups -OCH3 is 2. The third-order valence-corrected chi connectivity index (χ3v) is 3.65. The van der Waals surface area contributed by atoms with Crippen molar-refractivity contribution in [3.8, 4) is 11.5 Å². The zero-order chi connectivity index (χ0) is 14.7. The Hall–Kier alpha value is -1.65. The number of nitrogens with two attached hydrogens (primary N) is 1. The fourth-order valence-electron chi connectivity index (χ4n) is 2.25. The van der Waals surface area contributed by atoms with E-state index in [0.717, 1.165) is 23.3 Å². The third-order valence-electron chi connectivity index (χ3n) is 3.29. The number of aryl methyl sites for hydroxylation is 1. The van der Waals surface area contributed by atoms with Crippen molar-refractivity contribution in [3.05, 3.63) is 46.4 Å². The van der Waals surface area contributed by atoms with E-state index in [1.807, 2.05) is 19.1 Å². The van der Waals surface area contributed by atoms with Gasteiger partial charge in [0.2, 0.25) is 0 Å². The zero-order valence-electron chi connectivity index (χ0n) is 11.8. The van der Waals surface area contributed by atoms with Gasteiger partial charge >= 0.3 is 0 Å². The molecule has 2 N–H and O–H groups in total. The highest BCUT2D eigenvalue weighted by molar-refractivity contribution is 6.33. The molecule has 5 heteroatoms. The number of ether oxygens (including phenoxy) is 2. The van der Waals surface area contributed by atoms with Crippen LogP contribution in [-0.4, -0.2) is 14.2 Å². The first-order valence-corrected chi connectivity index (χ1v) is 6.74. The van der Waals surface area contributed by atoms with Gasteiger partial charge in [-0.1, -0.05) is 18.5 Å². The molecule has 4 nitrogen and oxygen atoms in total. The number of rotatable bonds is 5. The van der Waals surface area contributed by atoms with Crippen LogP contribution in [0, 0.1) is 0 Å². The summed E-state index contributed by atoms with van der Waals surface area (Å²) >= 11 is 6.26. The molecule has 108 valence electrons. The molecule has 0 saturated heterocycles. The summed E-state index contributed by atoms with van der Waals surface area (Å²) < 4.78 is 16.0. The van der Waals surface area contributed by atoms with E-state index in [2.05, 4.69) is 0 Å². The Morgan fingerprint density at radius 3 is 2.55 bits per heavy atom. The molecule has 0 radical (unpaired) electrons. The number of hydrogen-bond acceptors (Lipinski definition) is 4. The fraction of sp³-hybridized carbons (Fsp3) is 0.333. The van der Waals surface area contributed by atoms with E-state index in [1.165, 1.54) is 0 Å². The molecule has 1 aromatic carbocycles. The summed E-state index contributed by atoms with van der Waals surface area (Å²) in [5.41, 5.74) is 8.07. The van der Waals surface area contributed by atoms with Gasteiger partial charge in [-0.2, -0.15) is 0 Å². The highest BCUT2D eigenvalue weighted by Crippen LogP contribution is 2.40. The number of furan rings is 1. The molecule has 1 aromatic heterocycles. The molecular weight excluding hydrogens is 278 g/mol. The molecule has 0 aliphatic heterocycles. The minimum absolute atomic E-state index is 0.359. The van der Waals surface area contributed by atoms with Crippen LogP contribution in [0.2, 0.25) is 5.02 Å². The summed E-state index contributed by atoms with van der Waals surface area (Å²) in [5, 5.41) is 0.421. The van der Waals surface area contributed by atoms with Gasteiger partial charge in [-0.3, -0.25) is 0 Å². The molecule has 0 aliphatic rings. The molecule has 2 aromatic rings. The standard InChI is InChI=1S/C15H18ClNO3/c1-4-11-9(7-8-20-11)14(17)10-5-6-12(18-2)13(16)15(10)19-3/h5-8,14H,4,17H2,1-3H3. The molecule has 1 atom stereocenters. The summed E-state index contributed by atoms with van der Waals surface area (Å²) in [6.07, 6.45) is 2.42. The summed E-state index contributed by atoms with van der Waals surface area (Å²) in [5.74, 6) is 1.95. The Bertz CT molecular complexity index is 595. The van der Waals surface area contributed by atoms with Crippen LogP contribution >= 0.6 is 11.6 Å². The van der Waals surface area contributed by atoms with Crippen molar-refractivity contribution >= 4 is 11.6 Å². The van der Waals surface area contributed by atoms with E-state index in [-0.39, 0.29) is 6.04 Å². The Labute approximate surface area is 123 Å². The lowest BCUT2D eigenvalue weighted by Gasteiger charge is -2.18. The lowest BCUT2D eigenvalue weighted by Crippen LogP contribution is -2.14. The van der Waals surface area contributed by atoms with Crippen LogP contribution in [0.25, 0.3) is 0 Å². The Kier molecular flexibility index (Phi) is 4.57. The molecule has 1 unspecified atom stereocenters. The van der Waals surface area contributed by atoms with Crippen LogP contribution in [0.1, 0.15) is 29.9 Å². The molecule has 0 amide bonds. The SMILES string of the molecule is CCc1occc1C(N)c1ccc(OC)c(Cl)c1OC. The van der Waals surface area contributed by atoms with Gasteiger partial charge < -0.3 is 19.6 Å². The van der Waals surface area contributed by atoms with Crippen molar-refractivity contribution in [1.29, 1.82) is 0 Å². The number of benzene rings is 1. The van der Waals surface area contributed by atoms with Gasteiger partial charge in [0.25, 0.3) is 0 Å². The van der Waals surface area contributed by atoms with E-state index in [0.29, 0.717) is 16.5 Å². The van der Waals surface area contributed by atoms with E-state index >= 15 is 0 Å². The minimum atomic E-state index is -0.359. The Balaban J connectivity index is 2.49. The highest BCUT2D eigenvalue weighted by Gasteiger charge is 2.22. The summed E-state index contributed by atoms with van der Waals surface area (Å²) in [7, 11) is 3.12. The quantitative estimate of drug-likeness (QED) is 0.916. The predicted octanol–water partition coefficient (Wildman–Crippen LogP) is 3.56. The summed E-state index contributed by atoms with van der Waals surface area (Å²) in [4.78, 5) is 0. The van der Waals surface area contributed by atoms with E-state index in [9.17, 15) is 0 Å². The minimum Gasteiger partial charge on any atom is -0.495 e. The second-order valence-electron chi connectivity index (χ2n) is 4.33. The van der Waals surface area contributed by atoms with E-state index < -0.39 is 0 Å². The molecule has 2 rings (SSSR count). The van der Waals surface area contributed by atoms with Gasteiger partial charge in [0.15, 0.2) is 0 Å². The van der Waals surface area contributed by atoms with Gasteiger partial charge in [-0.05, 0) is 18.2 Å². The van der Waals surface area contributed by atoms with Crippen LogP contribution in [0.4, 0.5) is 0 Å². The first kappa shape index (κ1) is 14.8. The molecule has 0 fully saturated rings. The van der Waals surface area contributed by atoms with Gasteiger partial charge in [0.1, 0.15) is 22.3 Å². The molecule has 1 heterocycles. The van der Waals surface area contributed by atoms with Crippen LogP contribution < -0.4 is 15.2 Å². The average molecular weight is 296 g/mol. The third kappa shape index (κ3) is 2.49. The first-order chi connectivity index (χ1) is 9.63. The molecule has 0 spiro atoms. The summed E-state index contributed by atoms with van der Waals surface area (Å²) in [6, 6.07) is 5.16. The maximum Gasteiger partial charge on any atom is 0.146 e. The predicted molar refractivity (Wildman–Crippen MR) is 78.7 cm³/mol. The van der Waals surface area contributed by atoms with Crippen LogP contribution in [-0.2, 0) is 6.42 Å². The van der Waals surface area contributed by atoms with Crippen molar-refractivity contribution in [2.45, 2.75) is 19.4 Å². The molecule has 20 heavy (non-hydrogen) atoms. The maximum atomic E-state index is 6.33. The molecule has 0 saturated carbocycles. The van der Waals surface area contributed by atoms with Crippen molar-refractivity contribution < 1.29 is 13.9 Å². The van der Waals surface area contributed by atoms with Crippen molar-refractivity contribution in [1.82, 2.24) is 0 Å². The van der Waals surface area contributed by atoms with E-state index in [4.69, 9.17) is 31.2 Å². The summed E-state index contributed by atoms with van der Waals surface area (Å²) in [6.45, 7) is 2.02. The lowest BCUT2D eigenvalue weighted by atomic mass is 9.98. The normalized spacial score (nSPS) is 12.2. The van der Waals surface area contributed by atoms with Gasteiger partial charge in [-0.15, -0.1) is 0 Å². The number of hydrogen-bond donors (Lipinski definition) is 1. The highest BCUT2D eigenvalue weighted by atomic mass is 35.5. The zero-order valence-corrected chi connectivity index (χ0v) is 12.5. The van der Waals surface area contributed by atoms with Crippen molar-refractivity contribution in [2.24, 2.45) is 5.73 Å². The molecular formula is C15H18ClNO3. The second kappa shape index (κ2) is 6.20. The van der Waals surface area contributed by atoms with Crippen LogP contribution in [0.15, 0.2) is 28.9 Å². The van der Waals surface area contributed by atoms with Crippen LogP contribution in [0.5, 0.6) is 11.5 Å². The molecule has 0 bridgehead atoms. The Morgan fingerprint density at radius 1 is 1.20 bits per heavy atom. The first-order valence-electron chi connectivity index (χ1n) is 6.36. The second-order valence-corrected chi connectivity index (χ2v) is 4.71. The largest absolute Gasteiger partial charge is 0.495 e. The van der Waals surface area contributed by atoms with E-state index in [1.54, 1.807) is 26.5 Å². The lowest BCUT2D eigenvalue weighted by molar-refractivity contribution is 0.390. The fourth-order valence-corrected chi connectivity index (χ4v) is 2.57. The Morgan fingerprint density at radius 2 is 1.95 bits per heavy atom. The van der Waals surface area contributed by atoms with Crippen molar-refractivity contribution in [3.63, 3.8) is 0 Å². The van der Waals surface area contributed by atoms with Crippen LogP contribution in [0.3, 0.4) is 0 Å².